The van der Waals surface area contributed by atoms with Gasteiger partial charge in [-0.1, -0.05) is 24.3 Å². The zero-order chi connectivity index (χ0) is 19.7. The summed E-state index contributed by atoms with van der Waals surface area (Å²) >= 11 is 0. The predicted octanol–water partition coefficient (Wildman–Crippen LogP) is 4.74. The van der Waals surface area contributed by atoms with E-state index in [-0.39, 0.29) is 12.5 Å². The Morgan fingerprint density at radius 3 is 2.71 bits per heavy atom. The minimum atomic E-state index is -1.07. The SMILES string of the molecule is O=C(O)CC(C[N+](=O)[O-])c1ccc(OC2CCCC2)c2oc3ccccc3c12. The van der Waals surface area contributed by atoms with Gasteiger partial charge in [0, 0.05) is 15.7 Å². The van der Waals surface area contributed by atoms with Crippen molar-refractivity contribution in [2.75, 3.05) is 6.54 Å². The minimum absolute atomic E-state index is 0.135. The second-order valence-corrected chi connectivity index (χ2v) is 7.29. The first-order valence-corrected chi connectivity index (χ1v) is 9.47. The molecule has 146 valence electrons. The van der Waals surface area contributed by atoms with E-state index in [1.54, 1.807) is 12.1 Å². The van der Waals surface area contributed by atoms with E-state index in [0.717, 1.165) is 31.1 Å². The number of hydrogen-bond acceptors (Lipinski definition) is 5. The molecule has 0 aliphatic heterocycles. The Morgan fingerprint density at radius 2 is 2.00 bits per heavy atom. The number of carboxylic acids is 1. The maximum Gasteiger partial charge on any atom is 0.304 e. The van der Waals surface area contributed by atoms with Crippen LogP contribution < -0.4 is 4.74 Å². The van der Waals surface area contributed by atoms with E-state index in [1.165, 1.54) is 0 Å². The molecule has 1 heterocycles. The van der Waals surface area contributed by atoms with Crippen molar-refractivity contribution in [3.05, 3.63) is 52.1 Å². The molecule has 0 spiro atoms. The molecular weight excluding hydrogens is 362 g/mol. The highest BCUT2D eigenvalue weighted by Crippen LogP contribution is 2.41. The van der Waals surface area contributed by atoms with Crippen molar-refractivity contribution in [1.29, 1.82) is 0 Å². The van der Waals surface area contributed by atoms with Gasteiger partial charge in [-0.3, -0.25) is 14.9 Å². The van der Waals surface area contributed by atoms with Gasteiger partial charge in [0.1, 0.15) is 5.58 Å². The number of para-hydroxylation sites is 1. The molecule has 3 aromatic rings. The van der Waals surface area contributed by atoms with E-state index < -0.39 is 23.4 Å². The molecule has 1 N–H and O–H groups in total. The van der Waals surface area contributed by atoms with E-state index in [9.17, 15) is 20.0 Å². The molecule has 1 unspecified atom stereocenters. The molecule has 1 aromatic heterocycles. The molecule has 1 aliphatic rings. The molecule has 0 bridgehead atoms. The molecule has 0 amide bonds. The van der Waals surface area contributed by atoms with Gasteiger partial charge < -0.3 is 14.3 Å². The average molecular weight is 383 g/mol. The third-order valence-corrected chi connectivity index (χ3v) is 5.35. The minimum Gasteiger partial charge on any atom is -0.486 e. The van der Waals surface area contributed by atoms with E-state index >= 15 is 0 Å². The second kappa shape index (κ2) is 7.50. The van der Waals surface area contributed by atoms with Gasteiger partial charge in [-0.2, -0.15) is 0 Å². The number of aliphatic carboxylic acids is 1. The largest absolute Gasteiger partial charge is 0.486 e. The second-order valence-electron chi connectivity index (χ2n) is 7.29. The lowest BCUT2D eigenvalue weighted by Crippen LogP contribution is -2.17. The van der Waals surface area contributed by atoms with Gasteiger partial charge in [0.05, 0.1) is 18.4 Å². The monoisotopic (exact) mass is 383 g/mol. The summed E-state index contributed by atoms with van der Waals surface area (Å²) in [5, 5.41) is 21.9. The van der Waals surface area contributed by atoms with Gasteiger partial charge in [0.2, 0.25) is 6.54 Å². The van der Waals surface area contributed by atoms with Crippen molar-refractivity contribution >= 4 is 27.9 Å². The standard InChI is InChI=1S/C21H21NO6/c23-19(24)11-13(12-22(25)26)15-9-10-18(27-14-5-1-2-6-14)21-20(15)16-7-3-4-8-17(16)28-21/h3-4,7-10,13-14H,1-2,5-6,11-12H2,(H,23,24). The number of carboxylic acid groups (broad SMARTS) is 1. The van der Waals surface area contributed by atoms with Crippen LogP contribution >= 0.6 is 0 Å². The quantitative estimate of drug-likeness (QED) is 0.467. The lowest BCUT2D eigenvalue weighted by molar-refractivity contribution is -0.483. The number of fused-ring (bicyclic) bond motifs is 3. The van der Waals surface area contributed by atoms with Gasteiger partial charge in [-0.25, -0.2) is 0 Å². The van der Waals surface area contributed by atoms with Crippen LogP contribution in [0.15, 0.2) is 40.8 Å². The molecule has 7 nitrogen and oxygen atoms in total. The first-order valence-electron chi connectivity index (χ1n) is 9.47. The molecule has 0 saturated heterocycles. The summed E-state index contributed by atoms with van der Waals surface area (Å²) in [7, 11) is 0. The van der Waals surface area contributed by atoms with Crippen LogP contribution in [0.2, 0.25) is 0 Å². The normalized spacial score (nSPS) is 15.9. The fourth-order valence-electron chi connectivity index (χ4n) is 4.11. The van der Waals surface area contributed by atoms with Gasteiger partial charge in [-0.05, 0) is 43.4 Å². The first kappa shape index (κ1) is 18.3. The smallest absolute Gasteiger partial charge is 0.304 e. The highest BCUT2D eigenvalue weighted by Gasteiger charge is 2.27. The maximum atomic E-state index is 11.3. The Kier molecular flexibility index (Phi) is 4.90. The zero-order valence-corrected chi connectivity index (χ0v) is 15.3. The van der Waals surface area contributed by atoms with Crippen molar-refractivity contribution in [2.45, 2.75) is 44.1 Å². The fraction of sp³-hybridized carbons (Fsp3) is 0.381. The summed E-state index contributed by atoms with van der Waals surface area (Å²) in [6.45, 7) is -0.455. The summed E-state index contributed by atoms with van der Waals surface area (Å²) < 4.78 is 12.2. The summed E-state index contributed by atoms with van der Waals surface area (Å²) in [4.78, 5) is 22.0. The number of furan rings is 1. The Bertz CT molecular complexity index is 1020. The van der Waals surface area contributed by atoms with Crippen molar-refractivity contribution in [1.82, 2.24) is 0 Å². The van der Waals surface area contributed by atoms with Gasteiger partial charge in [0.15, 0.2) is 11.3 Å². The van der Waals surface area contributed by atoms with Crippen LogP contribution in [-0.4, -0.2) is 28.6 Å². The molecule has 0 radical (unpaired) electrons. The molecule has 7 heteroatoms. The van der Waals surface area contributed by atoms with Crippen molar-refractivity contribution in [2.24, 2.45) is 0 Å². The van der Waals surface area contributed by atoms with E-state index in [4.69, 9.17) is 9.15 Å². The lowest BCUT2D eigenvalue weighted by atomic mass is 9.91. The van der Waals surface area contributed by atoms with Gasteiger partial charge in [0.25, 0.3) is 0 Å². The molecule has 4 rings (SSSR count). The van der Waals surface area contributed by atoms with E-state index in [0.29, 0.717) is 27.9 Å². The van der Waals surface area contributed by atoms with Crippen LogP contribution in [-0.2, 0) is 4.79 Å². The van der Waals surface area contributed by atoms with Crippen molar-refractivity contribution < 1.29 is 24.0 Å². The Labute approximate surface area is 161 Å². The summed E-state index contributed by atoms with van der Waals surface area (Å²) in [6, 6.07) is 10.9. The average Bonchev–Trinajstić information content (AvgIpc) is 3.28. The maximum absolute atomic E-state index is 11.3. The van der Waals surface area contributed by atoms with Crippen LogP contribution in [0.4, 0.5) is 0 Å². The molecule has 2 aromatic carbocycles. The molecule has 1 fully saturated rings. The van der Waals surface area contributed by atoms with E-state index in [1.807, 2.05) is 24.3 Å². The summed E-state index contributed by atoms with van der Waals surface area (Å²) in [5.74, 6) is -1.22. The number of benzene rings is 2. The van der Waals surface area contributed by atoms with Crippen LogP contribution in [0.3, 0.4) is 0 Å². The van der Waals surface area contributed by atoms with Crippen molar-refractivity contribution in [3.8, 4) is 5.75 Å². The molecule has 1 atom stereocenters. The zero-order valence-electron chi connectivity index (χ0n) is 15.3. The highest BCUT2D eigenvalue weighted by molar-refractivity contribution is 6.09. The Hall–Kier alpha value is -3.09. The van der Waals surface area contributed by atoms with E-state index in [2.05, 4.69) is 0 Å². The number of carbonyl (C=O) groups is 1. The molecule has 28 heavy (non-hydrogen) atoms. The number of nitro groups is 1. The van der Waals surface area contributed by atoms with Gasteiger partial charge in [-0.15, -0.1) is 0 Å². The highest BCUT2D eigenvalue weighted by atomic mass is 16.6. The molecule has 1 saturated carbocycles. The first-order chi connectivity index (χ1) is 13.5. The molecular formula is C21H21NO6. The Morgan fingerprint density at radius 1 is 1.25 bits per heavy atom. The summed E-state index contributed by atoms with van der Waals surface area (Å²) in [5.41, 5.74) is 1.79. The number of rotatable bonds is 7. The Balaban J connectivity index is 1.88. The fourth-order valence-corrected chi connectivity index (χ4v) is 4.11. The van der Waals surface area contributed by atoms with Gasteiger partial charge >= 0.3 is 5.97 Å². The third-order valence-electron chi connectivity index (χ3n) is 5.35. The third kappa shape index (κ3) is 3.52. The van der Waals surface area contributed by atoms with Crippen molar-refractivity contribution in [3.63, 3.8) is 0 Å². The molecule has 1 aliphatic carbocycles. The van der Waals surface area contributed by atoms with Crippen LogP contribution in [0.1, 0.15) is 43.6 Å². The lowest BCUT2D eigenvalue weighted by Gasteiger charge is -2.16. The van der Waals surface area contributed by atoms with Crippen LogP contribution in [0, 0.1) is 10.1 Å². The topological polar surface area (TPSA) is 103 Å². The number of ether oxygens (including phenoxy) is 1. The predicted molar refractivity (Wildman–Crippen MR) is 103 cm³/mol. The number of nitrogens with zero attached hydrogens (tertiary/aromatic N) is 1. The number of hydrogen-bond donors (Lipinski definition) is 1. The van der Waals surface area contributed by atoms with Crippen LogP contribution in [0.25, 0.3) is 21.9 Å². The summed E-state index contributed by atoms with van der Waals surface area (Å²) in [6.07, 6.45) is 4.07. The van der Waals surface area contributed by atoms with Crippen LogP contribution in [0.5, 0.6) is 5.75 Å².